The van der Waals surface area contributed by atoms with Crippen LogP contribution in [0.25, 0.3) is 0 Å². The number of nitrogens with one attached hydrogen (secondary N) is 2. The van der Waals surface area contributed by atoms with Crippen LogP contribution in [0.5, 0.6) is 11.5 Å². The Labute approximate surface area is 213 Å². The first-order valence-electron chi connectivity index (χ1n) is 9.36. The van der Waals surface area contributed by atoms with Gasteiger partial charge >= 0.3 is 18.0 Å². The summed E-state index contributed by atoms with van der Waals surface area (Å²) in [5, 5.41) is 29.5. The van der Waals surface area contributed by atoms with Gasteiger partial charge in [-0.1, -0.05) is 29.3 Å². The SMILES string of the molecule is N#Cc1cc(Cl)cc(Oc2c(Cl)ccc(CNC(=O)c3[nH]cnc3[N+](=O)[O-])c2F)c1.O=C(O)C(F)(F)F. The molecule has 3 N–H and O–H groups in total. The number of aliphatic carboxylic acids is 1. The van der Waals surface area contributed by atoms with E-state index in [0.717, 1.165) is 6.33 Å². The lowest BCUT2D eigenvalue weighted by Gasteiger charge is -2.13. The summed E-state index contributed by atoms with van der Waals surface area (Å²) in [6.07, 6.45) is -4.08. The minimum absolute atomic E-state index is 0.00690. The molecule has 37 heavy (non-hydrogen) atoms. The molecule has 0 aliphatic carbocycles. The lowest BCUT2D eigenvalue weighted by molar-refractivity contribution is -0.389. The third-order valence-corrected chi connectivity index (χ3v) is 4.57. The summed E-state index contributed by atoms with van der Waals surface area (Å²) in [5.41, 5.74) is -0.153. The fraction of sp³-hybridized carbons (Fsp3) is 0.100. The van der Waals surface area contributed by atoms with E-state index in [1.165, 1.54) is 30.3 Å². The van der Waals surface area contributed by atoms with E-state index in [1.54, 1.807) is 0 Å². The first kappa shape index (κ1) is 28.8. The monoisotopic (exact) mass is 563 g/mol. The van der Waals surface area contributed by atoms with Gasteiger partial charge in [0.1, 0.15) is 5.75 Å². The number of carboxylic acid groups (broad SMARTS) is 1. The van der Waals surface area contributed by atoms with Crippen LogP contribution in [0.1, 0.15) is 21.6 Å². The number of nitro groups is 1. The molecule has 3 aromatic rings. The Balaban J connectivity index is 0.000000604. The number of rotatable bonds is 6. The van der Waals surface area contributed by atoms with E-state index in [2.05, 4.69) is 15.3 Å². The molecule has 0 saturated heterocycles. The van der Waals surface area contributed by atoms with Crippen LogP contribution < -0.4 is 10.1 Å². The van der Waals surface area contributed by atoms with E-state index >= 15 is 0 Å². The van der Waals surface area contributed by atoms with Crippen molar-refractivity contribution in [3.8, 4) is 17.6 Å². The topological polar surface area (TPSA) is 171 Å². The molecule has 1 aromatic heterocycles. The van der Waals surface area contributed by atoms with Gasteiger partial charge in [-0.15, -0.1) is 0 Å². The third kappa shape index (κ3) is 7.78. The van der Waals surface area contributed by atoms with Crippen molar-refractivity contribution < 1.29 is 41.9 Å². The fourth-order valence-electron chi connectivity index (χ4n) is 2.46. The Bertz CT molecular complexity index is 1390. The molecule has 0 unspecified atom stereocenters. The number of imidazole rings is 1. The van der Waals surface area contributed by atoms with E-state index in [-0.39, 0.29) is 44.9 Å². The second-order valence-corrected chi connectivity index (χ2v) is 7.43. The highest BCUT2D eigenvalue weighted by Crippen LogP contribution is 2.35. The number of ether oxygens (including phenoxy) is 1. The number of carbonyl (C=O) groups is 2. The first-order chi connectivity index (χ1) is 17.2. The van der Waals surface area contributed by atoms with E-state index in [1.807, 2.05) is 6.07 Å². The molecule has 3 rings (SSSR count). The zero-order valence-corrected chi connectivity index (χ0v) is 19.3. The lowest BCUT2D eigenvalue weighted by Crippen LogP contribution is -2.24. The van der Waals surface area contributed by atoms with Gasteiger partial charge in [-0.3, -0.25) is 4.79 Å². The van der Waals surface area contributed by atoms with Gasteiger partial charge in [0.15, 0.2) is 11.6 Å². The summed E-state index contributed by atoms with van der Waals surface area (Å²) in [4.78, 5) is 36.9. The van der Waals surface area contributed by atoms with Crippen LogP contribution in [0.15, 0.2) is 36.7 Å². The lowest BCUT2D eigenvalue weighted by atomic mass is 10.2. The van der Waals surface area contributed by atoms with Crippen molar-refractivity contribution in [2.45, 2.75) is 12.7 Å². The number of aromatic amines is 1. The van der Waals surface area contributed by atoms with Gasteiger partial charge in [-0.25, -0.2) is 9.18 Å². The number of hydrogen-bond donors (Lipinski definition) is 3. The predicted octanol–water partition coefficient (Wildman–Crippen LogP) is 4.99. The number of hydrogen-bond acceptors (Lipinski definition) is 7. The number of H-pyrrole nitrogens is 1. The van der Waals surface area contributed by atoms with E-state index in [9.17, 15) is 32.5 Å². The average molecular weight is 564 g/mol. The van der Waals surface area contributed by atoms with Crippen LogP contribution in [0, 0.1) is 27.3 Å². The van der Waals surface area contributed by atoms with E-state index < -0.39 is 34.6 Å². The van der Waals surface area contributed by atoms with Crippen molar-refractivity contribution in [1.82, 2.24) is 15.3 Å². The normalized spacial score (nSPS) is 10.5. The molecule has 2 aromatic carbocycles. The minimum Gasteiger partial charge on any atom is -0.475 e. The minimum atomic E-state index is -5.08. The van der Waals surface area contributed by atoms with Crippen molar-refractivity contribution in [3.05, 3.63) is 79.5 Å². The van der Waals surface area contributed by atoms with E-state index in [0.29, 0.717) is 0 Å². The second kappa shape index (κ2) is 12.0. The maximum Gasteiger partial charge on any atom is 0.490 e. The van der Waals surface area contributed by atoms with Gasteiger partial charge in [0, 0.05) is 17.1 Å². The number of carboxylic acids is 1. The highest BCUT2D eigenvalue weighted by molar-refractivity contribution is 6.32. The summed E-state index contributed by atoms with van der Waals surface area (Å²) in [5.74, 6) is -5.35. The summed E-state index contributed by atoms with van der Waals surface area (Å²) in [6, 6.07) is 8.72. The van der Waals surface area contributed by atoms with Gasteiger partial charge in [0.25, 0.3) is 5.91 Å². The van der Waals surface area contributed by atoms with Crippen molar-refractivity contribution in [2.75, 3.05) is 0 Å². The number of amides is 1. The maximum absolute atomic E-state index is 14.9. The Morgan fingerprint density at radius 3 is 2.49 bits per heavy atom. The van der Waals surface area contributed by atoms with E-state index in [4.69, 9.17) is 43.1 Å². The zero-order valence-electron chi connectivity index (χ0n) is 17.8. The standard InChI is InChI=1S/C18H10Cl2FN5O4.C2HF3O2/c19-11-3-9(6-22)4-12(5-11)30-16-13(20)2-1-10(14(16)21)7-23-18(27)15-17(26(28)29)25-8-24-15;3-2(4,5)1(6)7/h1-5,8H,7H2,(H,23,27)(H,24,25);(H,6,7). The number of alkyl halides is 3. The molecule has 194 valence electrons. The number of benzene rings is 2. The van der Waals surface area contributed by atoms with Gasteiger partial charge in [-0.2, -0.15) is 18.4 Å². The molecular weight excluding hydrogens is 553 g/mol. The van der Waals surface area contributed by atoms with Crippen molar-refractivity contribution in [2.24, 2.45) is 0 Å². The molecule has 0 saturated carbocycles. The molecule has 1 heterocycles. The van der Waals surface area contributed by atoms with Crippen LogP contribution >= 0.6 is 23.2 Å². The van der Waals surface area contributed by atoms with Crippen LogP contribution in [0.3, 0.4) is 0 Å². The molecule has 0 radical (unpaired) electrons. The van der Waals surface area contributed by atoms with Gasteiger partial charge < -0.3 is 30.3 Å². The number of halogens is 6. The highest BCUT2D eigenvalue weighted by atomic mass is 35.5. The molecule has 1 amide bonds. The quantitative estimate of drug-likeness (QED) is 0.214. The predicted molar refractivity (Wildman–Crippen MR) is 118 cm³/mol. The first-order valence-corrected chi connectivity index (χ1v) is 10.1. The van der Waals surface area contributed by atoms with Crippen LogP contribution in [0.4, 0.5) is 23.4 Å². The summed E-state index contributed by atoms with van der Waals surface area (Å²) in [6.45, 7) is -0.312. The molecule has 0 bridgehead atoms. The molecule has 0 aliphatic rings. The molecular formula is C20H11Cl2F4N5O6. The number of carbonyl (C=O) groups excluding carboxylic acids is 1. The van der Waals surface area contributed by atoms with Crippen molar-refractivity contribution in [1.29, 1.82) is 5.26 Å². The average Bonchev–Trinajstić information content (AvgIpc) is 3.31. The van der Waals surface area contributed by atoms with Gasteiger partial charge in [0.05, 0.1) is 16.7 Å². The second-order valence-electron chi connectivity index (χ2n) is 6.58. The zero-order chi connectivity index (χ0) is 27.9. The van der Waals surface area contributed by atoms with Gasteiger partial charge in [-0.05, 0) is 34.2 Å². The molecule has 11 nitrogen and oxygen atoms in total. The summed E-state index contributed by atoms with van der Waals surface area (Å²) < 4.78 is 52.1. The van der Waals surface area contributed by atoms with Crippen LogP contribution in [0.2, 0.25) is 10.0 Å². The largest absolute Gasteiger partial charge is 0.490 e. The molecule has 0 spiro atoms. The number of nitriles is 1. The highest BCUT2D eigenvalue weighted by Gasteiger charge is 2.38. The fourth-order valence-corrected chi connectivity index (χ4v) is 2.87. The van der Waals surface area contributed by atoms with Crippen molar-refractivity contribution in [3.63, 3.8) is 0 Å². The molecule has 0 atom stereocenters. The van der Waals surface area contributed by atoms with Crippen molar-refractivity contribution >= 4 is 40.9 Å². The number of aromatic nitrogens is 2. The molecule has 0 aliphatic heterocycles. The molecule has 0 fully saturated rings. The Hall–Kier alpha value is -4.42. The Morgan fingerprint density at radius 1 is 1.27 bits per heavy atom. The number of nitrogens with zero attached hydrogens (tertiary/aromatic N) is 3. The van der Waals surface area contributed by atoms with Gasteiger partial charge in [0.2, 0.25) is 12.0 Å². The smallest absolute Gasteiger partial charge is 0.475 e. The van der Waals surface area contributed by atoms with Crippen LogP contribution in [-0.2, 0) is 11.3 Å². The van der Waals surface area contributed by atoms with Crippen LogP contribution in [-0.4, -0.2) is 38.1 Å². The maximum atomic E-state index is 14.9. The third-order valence-electron chi connectivity index (χ3n) is 4.05. The molecule has 17 heteroatoms. The summed E-state index contributed by atoms with van der Waals surface area (Å²) in [7, 11) is 0. The Morgan fingerprint density at radius 2 is 1.92 bits per heavy atom. The Kier molecular flexibility index (Phi) is 9.36. The summed E-state index contributed by atoms with van der Waals surface area (Å²) >= 11 is 11.9.